The highest BCUT2D eigenvalue weighted by atomic mass is 19.4. The number of halogens is 3. The first kappa shape index (κ1) is 16.2. The van der Waals surface area contributed by atoms with Crippen LogP contribution in [-0.2, 0) is 4.79 Å². The van der Waals surface area contributed by atoms with Crippen molar-refractivity contribution in [3.63, 3.8) is 0 Å². The third-order valence-corrected chi connectivity index (χ3v) is 3.91. The van der Waals surface area contributed by atoms with Crippen molar-refractivity contribution in [2.75, 3.05) is 26.7 Å². The van der Waals surface area contributed by atoms with Crippen LogP contribution < -0.4 is 5.73 Å². The normalized spacial score (nSPS) is 22.1. The van der Waals surface area contributed by atoms with E-state index in [4.69, 9.17) is 5.73 Å². The average Bonchev–Trinajstić information content (AvgIpc) is 2.35. The summed E-state index contributed by atoms with van der Waals surface area (Å²) in [5.74, 6) is -1.06. The van der Waals surface area contributed by atoms with Crippen molar-refractivity contribution < 1.29 is 18.0 Å². The molecule has 0 aromatic heterocycles. The highest BCUT2D eigenvalue weighted by molar-refractivity contribution is 5.86. The van der Waals surface area contributed by atoms with Gasteiger partial charge in [-0.25, -0.2) is 0 Å². The van der Waals surface area contributed by atoms with Crippen molar-refractivity contribution in [3.8, 4) is 0 Å². The summed E-state index contributed by atoms with van der Waals surface area (Å²) < 4.78 is 38.2. The fourth-order valence-corrected chi connectivity index (χ4v) is 2.28. The van der Waals surface area contributed by atoms with Crippen LogP contribution in [0.5, 0.6) is 0 Å². The maximum absolute atomic E-state index is 12.7. The zero-order valence-corrected chi connectivity index (χ0v) is 11.6. The van der Waals surface area contributed by atoms with Crippen LogP contribution in [0, 0.1) is 0 Å². The van der Waals surface area contributed by atoms with E-state index < -0.39 is 17.6 Å². The van der Waals surface area contributed by atoms with Crippen LogP contribution in [-0.4, -0.2) is 60.1 Å². The van der Waals surface area contributed by atoms with Gasteiger partial charge in [-0.15, -0.1) is 0 Å². The van der Waals surface area contributed by atoms with E-state index in [2.05, 4.69) is 4.90 Å². The number of likely N-dealkylation sites (tertiary alicyclic amines) is 1. The van der Waals surface area contributed by atoms with Crippen LogP contribution in [0.2, 0.25) is 0 Å². The fourth-order valence-electron chi connectivity index (χ4n) is 2.28. The molecule has 0 aliphatic carbocycles. The van der Waals surface area contributed by atoms with Gasteiger partial charge in [0, 0.05) is 26.2 Å². The molecule has 0 aromatic carbocycles. The van der Waals surface area contributed by atoms with E-state index in [1.165, 1.54) is 11.9 Å². The monoisotopic (exact) mass is 281 g/mol. The number of amides is 1. The number of hydrogen-bond donors (Lipinski definition) is 1. The minimum Gasteiger partial charge on any atom is -0.341 e. The molecule has 1 saturated heterocycles. The first-order valence-electron chi connectivity index (χ1n) is 6.46. The Labute approximate surface area is 111 Å². The van der Waals surface area contributed by atoms with Crippen molar-refractivity contribution in [1.29, 1.82) is 0 Å². The lowest BCUT2D eigenvalue weighted by Crippen LogP contribution is -2.63. The van der Waals surface area contributed by atoms with E-state index in [1.807, 2.05) is 6.92 Å². The van der Waals surface area contributed by atoms with E-state index in [0.29, 0.717) is 12.8 Å². The van der Waals surface area contributed by atoms with Crippen LogP contribution in [0.25, 0.3) is 0 Å². The summed E-state index contributed by atoms with van der Waals surface area (Å²) in [5.41, 5.74) is 2.36. The molecule has 19 heavy (non-hydrogen) atoms. The molecule has 0 bridgehead atoms. The molecular weight excluding hydrogens is 259 g/mol. The molecule has 1 heterocycles. The van der Waals surface area contributed by atoms with Gasteiger partial charge in [-0.2, -0.15) is 13.2 Å². The molecule has 0 radical (unpaired) electrons. The van der Waals surface area contributed by atoms with Gasteiger partial charge >= 0.3 is 6.18 Å². The fraction of sp³-hybridized carbons (Fsp3) is 0.917. The lowest BCUT2D eigenvalue weighted by Gasteiger charge is -2.39. The van der Waals surface area contributed by atoms with Crippen molar-refractivity contribution in [2.24, 2.45) is 5.73 Å². The van der Waals surface area contributed by atoms with Gasteiger partial charge in [0.2, 0.25) is 0 Å². The first-order chi connectivity index (χ1) is 8.61. The number of hydrogen-bond acceptors (Lipinski definition) is 3. The second kappa shape index (κ2) is 5.66. The summed E-state index contributed by atoms with van der Waals surface area (Å²) in [7, 11) is 1.41. The van der Waals surface area contributed by atoms with E-state index in [9.17, 15) is 18.0 Å². The molecule has 112 valence electrons. The molecule has 0 aromatic rings. The maximum Gasteiger partial charge on any atom is 0.415 e. The Morgan fingerprint density at radius 1 is 1.37 bits per heavy atom. The van der Waals surface area contributed by atoms with Crippen LogP contribution in [0.3, 0.4) is 0 Å². The Hall–Kier alpha value is -0.820. The Bertz CT molecular complexity index is 323. The first-order valence-corrected chi connectivity index (χ1v) is 6.46. The minimum atomic E-state index is -4.73. The predicted molar refractivity (Wildman–Crippen MR) is 66.6 cm³/mol. The number of carbonyl (C=O) groups is 1. The predicted octanol–water partition coefficient (Wildman–Crippen LogP) is 1.21. The van der Waals surface area contributed by atoms with Gasteiger partial charge in [-0.05, 0) is 26.3 Å². The second-order valence-corrected chi connectivity index (χ2v) is 5.28. The van der Waals surface area contributed by atoms with Gasteiger partial charge in [0.05, 0.1) is 0 Å². The summed E-state index contributed by atoms with van der Waals surface area (Å²) in [6.07, 6.45) is -3.36. The lowest BCUT2D eigenvalue weighted by atomic mass is 9.97. The molecule has 1 amide bonds. The second-order valence-electron chi connectivity index (χ2n) is 5.28. The van der Waals surface area contributed by atoms with Crippen LogP contribution in [0.15, 0.2) is 0 Å². The number of alkyl halides is 3. The van der Waals surface area contributed by atoms with Gasteiger partial charge in [0.25, 0.3) is 5.91 Å². The maximum atomic E-state index is 12.7. The molecule has 1 rings (SSSR count). The topological polar surface area (TPSA) is 49.6 Å². The number of nitrogens with two attached hydrogens (primary N) is 1. The standard InChI is InChI=1S/C12H22F3N3O/c1-4-18-7-5-9(6-8-18)17(3)10(19)11(2,16)12(13,14)15/h9H,4-8,16H2,1-3H3. The van der Waals surface area contributed by atoms with E-state index in [1.54, 1.807) is 0 Å². The van der Waals surface area contributed by atoms with Gasteiger partial charge in [-0.1, -0.05) is 6.92 Å². The summed E-state index contributed by atoms with van der Waals surface area (Å²) in [5, 5.41) is 0. The molecule has 0 spiro atoms. The number of piperidine rings is 1. The van der Waals surface area contributed by atoms with E-state index in [0.717, 1.165) is 26.6 Å². The smallest absolute Gasteiger partial charge is 0.341 e. The van der Waals surface area contributed by atoms with Crippen LogP contribution in [0.1, 0.15) is 26.7 Å². The SMILES string of the molecule is CCN1CCC(N(C)C(=O)C(C)(N)C(F)(F)F)CC1. The third-order valence-electron chi connectivity index (χ3n) is 3.91. The Morgan fingerprint density at radius 2 is 1.84 bits per heavy atom. The Kier molecular flexibility index (Phi) is 4.84. The number of carbonyl (C=O) groups excluding carboxylic acids is 1. The van der Waals surface area contributed by atoms with Crippen molar-refractivity contribution in [2.45, 2.75) is 44.4 Å². The molecule has 7 heteroatoms. The molecule has 1 unspecified atom stereocenters. The van der Waals surface area contributed by atoms with Gasteiger partial charge in [0.15, 0.2) is 5.54 Å². The van der Waals surface area contributed by atoms with Crippen LogP contribution >= 0.6 is 0 Å². The highest BCUT2D eigenvalue weighted by Gasteiger charge is 2.55. The Balaban J connectivity index is 2.68. The van der Waals surface area contributed by atoms with E-state index in [-0.39, 0.29) is 6.04 Å². The van der Waals surface area contributed by atoms with Crippen LogP contribution in [0.4, 0.5) is 13.2 Å². The largest absolute Gasteiger partial charge is 0.415 e. The molecule has 2 N–H and O–H groups in total. The lowest BCUT2D eigenvalue weighted by molar-refractivity contribution is -0.194. The van der Waals surface area contributed by atoms with Crippen molar-refractivity contribution in [1.82, 2.24) is 9.80 Å². The van der Waals surface area contributed by atoms with Crippen molar-refractivity contribution >= 4 is 5.91 Å². The summed E-state index contributed by atoms with van der Waals surface area (Å²) >= 11 is 0. The Morgan fingerprint density at radius 3 is 2.21 bits per heavy atom. The molecule has 1 aliphatic heterocycles. The summed E-state index contributed by atoms with van der Waals surface area (Å²) in [4.78, 5) is 15.3. The molecule has 4 nitrogen and oxygen atoms in total. The molecular formula is C12H22F3N3O. The third kappa shape index (κ3) is 3.39. The average molecular weight is 281 g/mol. The quantitative estimate of drug-likeness (QED) is 0.846. The van der Waals surface area contributed by atoms with Gasteiger partial charge < -0.3 is 15.5 Å². The number of likely N-dealkylation sites (N-methyl/N-ethyl adjacent to an activating group) is 1. The van der Waals surface area contributed by atoms with Gasteiger partial charge in [0.1, 0.15) is 0 Å². The number of rotatable bonds is 3. The summed E-state index contributed by atoms with van der Waals surface area (Å²) in [6, 6.07) is -0.166. The number of nitrogens with zero attached hydrogens (tertiary/aromatic N) is 2. The zero-order chi connectivity index (χ0) is 14.8. The molecule has 1 aliphatic rings. The minimum absolute atomic E-state index is 0.166. The zero-order valence-electron chi connectivity index (χ0n) is 11.6. The highest BCUT2D eigenvalue weighted by Crippen LogP contribution is 2.30. The van der Waals surface area contributed by atoms with E-state index >= 15 is 0 Å². The molecule has 1 fully saturated rings. The van der Waals surface area contributed by atoms with Gasteiger partial charge in [-0.3, -0.25) is 4.79 Å². The van der Waals surface area contributed by atoms with Crippen molar-refractivity contribution in [3.05, 3.63) is 0 Å². The molecule has 1 atom stereocenters. The molecule has 0 saturated carbocycles. The summed E-state index contributed by atoms with van der Waals surface area (Å²) in [6.45, 7) is 5.28.